The van der Waals surface area contributed by atoms with Crippen molar-refractivity contribution < 1.29 is 9.59 Å². The summed E-state index contributed by atoms with van der Waals surface area (Å²) in [6.07, 6.45) is 0. The third-order valence-corrected chi connectivity index (χ3v) is 5.98. The molecule has 3 aromatic rings. The molecule has 0 unspecified atom stereocenters. The van der Waals surface area contributed by atoms with Gasteiger partial charge < -0.3 is 10.2 Å². The van der Waals surface area contributed by atoms with E-state index >= 15 is 0 Å². The number of rotatable bonds is 5. The van der Waals surface area contributed by atoms with Gasteiger partial charge in [-0.1, -0.05) is 41.5 Å². The fourth-order valence-corrected chi connectivity index (χ4v) is 4.25. The lowest BCUT2D eigenvalue weighted by Gasteiger charge is -2.18. The summed E-state index contributed by atoms with van der Waals surface area (Å²) < 4.78 is 0. The van der Waals surface area contributed by atoms with Crippen LogP contribution in [0, 0.1) is 27.7 Å². The van der Waals surface area contributed by atoms with Crippen LogP contribution in [0.1, 0.15) is 27.8 Å². The normalized spacial score (nSPS) is 13.7. The van der Waals surface area contributed by atoms with Crippen LogP contribution in [-0.4, -0.2) is 25.9 Å². The van der Waals surface area contributed by atoms with Gasteiger partial charge in [-0.25, -0.2) is 4.90 Å². The first-order chi connectivity index (χ1) is 15.7. The molecule has 0 bridgehead atoms. The molecule has 5 heteroatoms. The third kappa shape index (κ3) is 4.14. The summed E-state index contributed by atoms with van der Waals surface area (Å²) in [7, 11) is 3.95. The van der Waals surface area contributed by atoms with E-state index in [2.05, 4.69) is 5.32 Å². The largest absolute Gasteiger partial charge is 0.378 e. The molecular weight excluding hydrogens is 410 g/mol. The Morgan fingerprint density at radius 3 is 1.91 bits per heavy atom. The lowest BCUT2D eigenvalue weighted by atomic mass is 9.97. The maximum atomic E-state index is 13.7. The molecule has 0 radical (unpaired) electrons. The smallest absolute Gasteiger partial charge is 0.282 e. The third-order valence-electron chi connectivity index (χ3n) is 5.98. The molecule has 2 amide bonds. The quantitative estimate of drug-likeness (QED) is 0.542. The van der Waals surface area contributed by atoms with E-state index in [1.807, 2.05) is 107 Å². The number of benzene rings is 3. The molecule has 1 heterocycles. The summed E-state index contributed by atoms with van der Waals surface area (Å²) in [5.41, 5.74) is 7.89. The van der Waals surface area contributed by atoms with Crippen LogP contribution in [-0.2, 0) is 9.59 Å². The highest BCUT2D eigenvalue weighted by molar-refractivity contribution is 6.46. The molecule has 0 saturated carbocycles. The molecule has 5 nitrogen and oxygen atoms in total. The number of aryl methyl sites for hydroxylation is 4. The second kappa shape index (κ2) is 8.58. The van der Waals surface area contributed by atoms with Gasteiger partial charge in [-0.15, -0.1) is 0 Å². The van der Waals surface area contributed by atoms with Gasteiger partial charge in [0.2, 0.25) is 0 Å². The zero-order valence-corrected chi connectivity index (χ0v) is 20.0. The van der Waals surface area contributed by atoms with Gasteiger partial charge in [0.1, 0.15) is 5.70 Å². The Morgan fingerprint density at radius 1 is 0.727 bits per heavy atom. The minimum atomic E-state index is -0.349. The van der Waals surface area contributed by atoms with Crippen LogP contribution in [0.2, 0.25) is 0 Å². The highest BCUT2D eigenvalue weighted by atomic mass is 16.2. The van der Waals surface area contributed by atoms with E-state index in [9.17, 15) is 9.59 Å². The van der Waals surface area contributed by atoms with E-state index in [-0.39, 0.29) is 11.8 Å². The average molecular weight is 440 g/mol. The van der Waals surface area contributed by atoms with Gasteiger partial charge in [0.05, 0.1) is 11.3 Å². The summed E-state index contributed by atoms with van der Waals surface area (Å²) in [5, 5.41) is 3.26. The van der Waals surface area contributed by atoms with Crippen molar-refractivity contribution in [2.24, 2.45) is 0 Å². The molecule has 4 rings (SSSR count). The van der Waals surface area contributed by atoms with E-state index in [1.165, 1.54) is 4.90 Å². The van der Waals surface area contributed by atoms with Crippen molar-refractivity contribution in [3.05, 3.63) is 94.2 Å². The molecule has 0 atom stereocenters. The molecule has 168 valence electrons. The highest BCUT2D eigenvalue weighted by Gasteiger charge is 2.41. The molecule has 1 aliphatic heterocycles. The Hall–Kier alpha value is -3.86. The summed E-state index contributed by atoms with van der Waals surface area (Å²) in [6.45, 7) is 7.90. The Kier molecular flexibility index (Phi) is 5.81. The molecule has 33 heavy (non-hydrogen) atoms. The van der Waals surface area contributed by atoms with Crippen molar-refractivity contribution >= 4 is 34.4 Å². The summed E-state index contributed by atoms with van der Waals surface area (Å²) in [4.78, 5) is 30.7. The van der Waals surface area contributed by atoms with E-state index < -0.39 is 0 Å². The number of nitrogens with one attached hydrogen (secondary N) is 1. The average Bonchev–Trinajstić information content (AvgIpc) is 2.99. The van der Waals surface area contributed by atoms with Gasteiger partial charge in [-0.2, -0.15) is 0 Å². The number of anilines is 3. The fraction of sp³-hybridized carbons (Fsp3) is 0.214. The zero-order chi connectivity index (χ0) is 23.9. The van der Waals surface area contributed by atoms with Gasteiger partial charge in [-0.3, -0.25) is 9.59 Å². The number of imide groups is 1. The molecule has 0 spiro atoms. The Labute approximate surface area is 195 Å². The van der Waals surface area contributed by atoms with Gasteiger partial charge >= 0.3 is 0 Å². The standard InChI is InChI=1S/C28H29N3O2/c1-17-7-13-23(19(3)15-17)25-26(29-21-9-11-22(12-10-21)30(5)6)28(33)31(27(25)32)24-14-8-18(2)16-20(24)4/h7-16,29H,1-6H3. The monoisotopic (exact) mass is 439 g/mol. The van der Waals surface area contributed by atoms with Crippen molar-refractivity contribution in [1.29, 1.82) is 0 Å². The van der Waals surface area contributed by atoms with Crippen LogP contribution < -0.4 is 15.1 Å². The SMILES string of the molecule is Cc1ccc(C2=C(Nc3ccc(N(C)C)cc3)C(=O)N(c3ccc(C)cc3C)C2=O)c(C)c1. The van der Waals surface area contributed by atoms with Crippen LogP contribution in [0.5, 0.6) is 0 Å². The summed E-state index contributed by atoms with van der Waals surface area (Å²) >= 11 is 0. The van der Waals surface area contributed by atoms with Crippen molar-refractivity contribution in [2.45, 2.75) is 27.7 Å². The Bertz CT molecular complexity index is 1290. The van der Waals surface area contributed by atoms with Crippen molar-refractivity contribution in [3.8, 4) is 0 Å². The van der Waals surface area contributed by atoms with Crippen LogP contribution in [0.4, 0.5) is 17.1 Å². The predicted octanol–water partition coefficient (Wildman–Crippen LogP) is 5.38. The molecule has 0 aromatic heterocycles. The van der Waals surface area contributed by atoms with Crippen LogP contribution in [0.3, 0.4) is 0 Å². The first kappa shape index (κ1) is 22.3. The Morgan fingerprint density at radius 2 is 1.33 bits per heavy atom. The second-order valence-electron chi connectivity index (χ2n) is 8.87. The molecule has 0 aliphatic carbocycles. The number of hydrogen-bond donors (Lipinski definition) is 1. The molecule has 1 N–H and O–H groups in total. The minimum absolute atomic E-state index is 0.296. The van der Waals surface area contributed by atoms with E-state index in [4.69, 9.17) is 0 Å². The van der Waals surface area contributed by atoms with Crippen LogP contribution >= 0.6 is 0 Å². The maximum Gasteiger partial charge on any atom is 0.282 e. The van der Waals surface area contributed by atoms with Gasteiger partial charge in [0.25, 0.3) is 11.8 Å². The van der Waals surface area contributed by atoms with Gasteiger partial charge in [0, 0.05) is 25.5 Å². The van der Waals surface area contributed by atoms with Gasteiger partial charge in [0.15, 0.2) is 0 Å². The number of carbonyl (C=O) groups is 2. The molecule has 3 aromatic carbocycles. The first-order valence-electron chi connectivity index (χ1n) is 11.0. The number of nitrogens with zero attached hydrogens (tertiary/aromatic N) is 2. The molecular formula is C28H29N3O2. The van der Waals surface area contributed by atoms with E-state index in [0.29, 0.717) is 17.0 Å². The molecule has 0 saturated heterocycles. The minimum Gasteiger partial charge on any atom is -0.378 e. The van der Waals surface area contributed by atoms with Crippen LogP contribution in [0.25, 0.3) is 5.57 Å². The highest BCUT2D eigenvalue weighted by Crippen LogP contribution is 2.36. The number of hydrogen-bond acceptors (Lipinski definition) is 4. The van der Waals surface area contributed by atoms with Crippen molar-refractivity contribution in [3.63, 3.8) is 0 Å². The van der Waals surface area contributed by atoms with Gasteiger partial charge in [-0.05, 0) is 74.7 Å². The summed E-state index contributed by atoms with van der Waals surface area (Å²) in [5.74, 6) is -0.662. The first-order valence-corrected chi connectivity index (χ1v) is 11.0. The summed E-state index contributed by atoms with van der Waals surface area (Å²) in [6, 6.07) is 19.5. The van der Waals surface area contributed by atoms with E-state index in [1.54, 1.807) is 0 Å². The second-order valence-corrected chi connectivity index (χ2v) is 8.87. The maximum absolute atomic E-state index is 13.7. The van der Waals surface area contributed by atoms with Crippen molar-refractivity contribution in [1.82, 2.24) is 0 Å². The van der Waals surface area contributed by atoms with Crippen LogP contribution in [0.15, 0.2) is 66.4 Å². The zero-order valence-electron chi connectivity index (χ0n) is 20.0. The van der Waals surface area contributed by atoms with E-state index in [0.717, 1.165) is 39.2 Å². The predicted molar refractivity (Wildman–Crippen MR) is 136 cm³/mol. The molecule has 1 aliphatic rings. The lowest BCUT2D eigenvalue weighted by molar-refractivity contribution is -0.120. The Balaban J connectivity index is 1.83. The lowest BCUT2D eigenvalue weighted by Crippen LogP contribution is -2.33. The van der Waals surface area contributed by atoms with Crippen molar-refractivity contribution in [2.75, 3.05) is 29.2 Å². The number of amides is 2. The number of carbonyl (C=O) groups excluding carboxylic acids is 2. The fourth-order valence-electron chi connectivity index (χ4n) is 4.25. The molecule has 0 fully saturated rings. The topological polar surface area (TPSA) is 52.7 Å².